The predicted molar refractivity (Wildman–Crippen MR) is 140 cm³/mol. The van der Waals surface area contributed by atoms with Crippen LogP contribution in [-0.2, 0) is 14.2 Å². The van der Waals surface area contributed by atoms with Crippen molar-refractivity contribution in [3.63, 3.8) is 0 Å². The van der Waals surface area contributed by atoms with E-state index >= 15 is 4.39 Å². The second kappa shape index (κ2) is 9.55. The van der Waals surface area contributed by atoms with Gasteiger partial charge in [-0.15, -0.1) is 0 Å². The summed E-state index contributed by atoms with van der Waals surface area (Å²) in [7, 11) is 0. The molecule has 1 amide bonds. The first kappa shape index (κ1) is 26.5. The minimum Gasteiger partial charge on any atom is -0.462 e. The van der Waals surface area contributed by atoms with Crippen molar-refractivity contribution in [2.45, 2.75) is 71.5 Å². The molecule has 2 aromatic rings. The van der Waals surface area contributed by atoms with Crippen molar-refractivity contribution in [1.29, 1.82) is 0 Å². The SMILES string of the molecule is CCOC(=O)c1cc(C2CC2)c2c(C)c(N3C[C@@H]4OCC[C@]4(CNC(=O)OC(C)(C)C)C3)c(F)cn2c1=O. The Hall–Kier alpha value is -3.14. The number of halogens is 1. The van der Waals surface area contributed by atoms with Crippen molar-refractivity contribution in [3.05, 3.63) is 45.1 Å². The number of rotatable bonds is 6. The molecule has 1 N–H and O–H groups in total. The minimum atomic E-state index is -0.695. The second-order valence-corrected chi connectivity index (χ2v) is 11.7. The standard InChI is InChI=1S/C28H36FN3O6/c1-6-36-25(34)19-11-18(17-7-8-17)22-16(2)23(20(29)12-32(22)24(19)33)31-13-21-28(15-31,9-10-37-21)14-30-26(35)38-27(3,4)5/h11-12,17,21H,6-10,13-15H2,1-5H3,(H,30,35)/t21-,28-/m0/s1. The van der Waals surface area contributed by atoms with Crippen molar-refractivity contribution in [3.8, 4) is 0 Å². The van der Waals surface area contributed by atoms with E-state index in [0.717, 1.165) is 24.8 Å². The number of ether oxygens (including phenoxy) is 3. The van der Waals surface area contributed by atoms with Crippen LogP contribution in [0.1, 0.15) is 74.4 Å². The van der Waals surface area contributed by atoms with Gasteiger partial charge in [-0.3, -0.25) is 9.20 Å². The molecule has 0 unspecified atom stereocenters. The van der Waals surface area contributed by atoms with Gasteiger partial charge in [0.05, 0.1) is 30.1 Å². The first-order chi connectivity index (χ1) is 17.9. The Morgan fingerprint density at radius 1 is 1.29 bits per heavy atom. The van der Waals surface area contributed by atoms with Gasteiger partial charge in [-0.2, -0.15) is 0 Å². The molecule has 3 aliphatic rings. The topological polar surface area (TPSA) is 98.6 Å². The van der Waals surface area contributed by atoms with Gasteiger partial charge in [0.15, 0.2) is 5.82 Å². The summed E-state index contributed by atoms with van der Waals surface area (Å²) in [4.78, 5) is 40.1. The van der Waals surface area contributed by atoms with Crippen LogP contribution in [0.15, 0.2) is 17.1 Å². The largest absolute Gasteiger partial charge is 0.462 e. The summed E-state index contributed by atoms with van der Waals surface area (Å²) in [5.41, 5.74) is 0.924. The maximum atomic E-state index is 15.8. The van der Waals surface area contributed by atoms with E-state index in [0.29, 0.717) is 43.0 Å². The number of esters is 1. The number of fused-ring (bicyclic) bond motifs is 2. The predicted octanol–water partition coefficient (Wildman–Crippen LogP) is 3.92. The molecular formula is C28H36FN3O6. The van der Waals surface area contributed by atoms with Gasteiger partial charge in [0.2, 0.25) is 0 Å². The average molecular weight is 530 g/mol. The molecule has 2 aromatic heterocycles. The zero-order valence-electron chi connectivity index (χ0n) is 22.7. The number of hydrogen-bond donors (Lipinski definition) is 1. The third-order valence-corrected chi connectivity index (χ3v) is 7.75. The molecule has 2 saturated heterocycles. The van der Waals surface area contributed by atoms with Crippen LogP contribution in [0.4, 0.5) is 14.9 Å². The van der Waals surface area contributed by atoms with Crippen LogP contribution >= 0.6 is 0 Å². The third-order valence-electron chi connectivity index (χ3n) is 7.75. The molecule has 0 radical (unpaired) electrons. The summed E-state index contributed by atoms with van der Waals surface area (Å²) in [6.45, 7) is 11.0. The number of hydrogen-bond acceptors (Lipinski definition) is 7. The van der Waals surface area contributed by atoms with Crippen LogP contribution in [0.25, 0.3) is 5.52 Å². The fraction of sp³-hybridized carbons (Fsp3) is 0.607. The van der Waals surface area contributed by atoms with Crippen molar-refractivity contribution in [1.82, 2.24) is 9.72 Å². The average Bonchev–Trinajstić information content (AvgIpc) is 3.50. The van der Waals surface area contributed by atoms with Gasteiger partial charge >= 0.3 is 12.1 Å². The maximum Gasteiger partial charge on any atom is 0.407 e. The Morgan fingerprint density at radius 2 is 2.03 bits per heavy atom. The molecule has 206 valence electrons. The van der Waals surface area contributed by atoms with Crippen LogP contribution in [-0.4, -0.2) is 61.0 Å². The summed E-state index contributed by atoms with van der Waals surface area (Å²) in [6, 6.07) is 1.64. The van der Waals surface area contributed by atoms with E-state index in [1.807, 2.05) is 32.6 Å². The molecule has 10 heteroatoms. The number of anilines is 1. The molecule has 0 bridgehead atoms. The smallest absolute Gasteiger partial charge is 0.407 e. The number of pyridine rings is 2. The number of carbonyl (C=O) groups excluding carboxylic acids is 2. The number of nitrogens with zero attached hydrogens (tertiary/aromatic N) is 2. The van der Waals surface area contributed by atoms with Crippen LogP contribution in [0, 0.1) is 18.2 Å². The monoisotopic (exact) mass is 529 g/mol. The Bertz CT molecular complexity index is 1350. The first-order valence-corrected chi connectivity index (χ1v) is 13.3. The molecule has 3 fully saturated rings. The van der Waals surface area contributed by atoms with E-state index in [9.17, 15) is 14.4 Å². The molecule has 5 rings (SSSR count). The van der Waals surface area contributed by atoms with E-state index < -0.39 is 29.0 Å². The number of aryl methyl sites for hydroxylation is 1. The molecular weight excluding hydrogens is 493 g/mol. The van der Waals surface area contributed by atoms with Crippen molar-refractivity contribution in [2.75, 3.05) is 37.7 Å². The van der Waals surface area contributed by atoms with Crippen LogP contribution in [0.5, 0.6) is 0 Å². The normalized spacial score (nSPS) is 23.0. The van der Waals surface area contributed by atoms with Gasteiger partial charge in [0.25, 0.3) is 5.56 Å². The quantitative estimate of drug-likeness (QED) is 0.567. The Labute approximate surface area is 221 Å². The second-order valence-electron chi connectivity index (χ2n) is 11.7. The van der Waals surface area contributed by atoms with Gasteiger partial charge in [-0.1, -0.05) is 0 Å². The highest BCUT2D eigenvalue weighted by atomic mass is 19.1. The lowest BCUT2D eigenvalue weighted by molar-refractivity contribution is 0.0462. The summed E-state index contributed by atoms with van der Waals surface area (Å²) in [6.07, 6.45) is 3.14. The van der Waals surface area contributed by atoms with E-state index in [1.165, 1.54) is 10.6 Å². The number of nitrogens with one attached hydrogen (secondary N) is 1. The summed E-state index contributed by atoms with van der Waals surface area (Å²) in [5, 5.41) is 2.89. The lowest BCUT2D eigenvalue weighted by atomic mass is 9.83. The third kappa shape index (κ3) is 4.74. The number of carbonyl (C=O) groups is 2. The number of alkyl carbamates (subject to hydrolysis) is 1. The first-order valence-electron chi connectivity index (χ1n) is 13.3. The molecule has 1 saturated carbocycles. The van der Waals surface area contributed by atoms with E-state index in [4.69, 9.17) is 14.2 Å². The van der Waals surface area contributed by atoms with Crippen molar-refractivity contribution in [2.24, 2.45) is 5.41 Å². The molecule has 0 aromatic carbocycles. The fourth-order valence-corrected chi connectivity index (χ4v) is 5.90. The Balaban J connectivity index is 1.50. The summed E-state index contributed by atoms with van der Waals surface area (Å²) < 4.78 is 33.6. The van der Waals surface area contributed by atoms with Crippen LogP contribution < -0.4 is 15.8 Å². The lowest BCUT2D eigenvalue weighted by Crippen LogP contribution is -2.44. The van der Waals surface area contributed by atoms with Crippen LogP contribution in [0.3, 0.4) is 0 Å². The molecule has 4 heterocycles. The van der Waals surface area contributed by atoms with Crippen molar-refractivity contribution >= 4 is 23.3 Å². The number of amides is 1. The zero-order valence-corrected chi connectivity index (χ0v) is 22.7. The van der Waals surface area contributed by atoms with Gasteiger partial charge in [0, 0.05) is 31.7 Å². The number of aromatic nitrogens is 1. The molecule has 2 aliphatic heterocycles. The maximum absolute atomic E-state index is 15.8. The van der Waals surface area contributed by atoms with Crippen molar-refractivity contribution < 1.29 is 28.2 Å². The van der Waals surface area contributed by atoms with Gasteiger partial charge < -0.3 is 24.4 Å². The lowest BCUT2D eigenvalue weighted by Gasteiger charge is -2.29. The Kier molecular flexibility index (Phi) is 6.65. The molecule has 0 spiro atoms. The molecule has 9 nitrogen and oxygen atoms in total. The van der Waals surface area contributed by atoms with Gasteiger partial charge in [-0.25, -0.2) is 14.0 Å². The van der Waals surface area contributed by atoms with Gasteiger partial charge in [0.1, 0.15) is 11.2 Å². The molecule has 2 atom stereocenters. The molecule has 1 aliphatic carbocycles. The zero-order chi connectivity index (χ0) is 27.4. The highest BCUT2D eigenvalue weighted by Crippen LogP contribution is 2.46. The minimum absolute atomic E-state index is 0.0749. The fourth-order valence-electron chi connectivity index (χ4n) is 5.90. The Morgan fingerprint density at radius 3 is 2.68 bits per heavy atom. The van der Waals surface area contributed by atoms with Gasteiger partial charge in [-0.05, 0) is 77.0 Å². The highest BCUT2D eigenvalue weighted by Gasteiger charge is 2.52. The molecule has 38 heavy (non-hydrogen) atoms. The summed E-state index contributed by atoms with van der Waals surface area (Å²) >= 11 is 0. The highest BCUT2D eigenvalue weighted by molar-refractivity contribution is 5.90. The summed E-state index contributed by atoms with van der Waals surface area (Å²) in [5.74, 6) is -1.03. The van der Waals surface area contributed by atoms with E-state index in [2.05, 4.69) is 5.32 Å². The van der Waals surface area contributed by atoms with E-state index in [-0.39, 0.29) is 29.6 Å². The van der Waals surface area contributed by atoms with Crippen LogP contribution in [0.2, 0.25) is 0 Å². The van der Waals surface area contributed by atoms with E-state index in [1.54, 1.807) is 13.0 Å².